The molecule has 4 heteroatoms. The minimum Gasteiger partial charge on any atom is -0.466 e. The first-order chi connectivity index (χ1) is 8.51. The molecule has 0 spiro atoms. The summed E-state index contributed by atoms with van der Waals surface area (Å²) in [5.74, 6) is -0.0163. The van der Waals surface area contributed by atoms with Gasteiger partial charge in [-0.2, -0.15) is 0 Å². The highest BCUT2D eigenvalue weighted by Crippen LogP contribution is 2.12. The molecule has 18 heavy (non-hydrogen) atoms. The Morgan fingerprint density at radius 3 is 2.00 bits per heavy atom. The van der Waals surface area contributed by atoms with Gasteiger partial charge >= 0.3 is 11.9 Å². The van der Waals surface area contributed by atoms with Gasteiger partial charge in [-0.15, -0.1) is 0 Å². The maximum absolute atomic E-state index is 11.5. The van der Waals surface area contributed by atoms with E-state index in [0.29, 0.717) is 38.2 Å². The van der Waals surface area contributed by atoms with Crippen molar-refractivity contribution in [2.45, 2.75) is 65.9 Å². The Hall–Kier alpha value is -1.06. The predicted molar refractivity (Wildman–Crippen MR) is 70.1 cm³/mol. The van der Waals surface area contributed by atoms with Crippen LogP contribution in [0.5, 0.6) is 0 Å². The van der Waals surface area contributed by atoms with Gasteiger partial charge in [-0.05, 0) is 32.1 Å². The van der Waals surface area contributed by atoms with Crippen molar-refractivity contribution < 1.29 is 19.1 Å². The topological polar surface area (TPSA) is 52.6 Å². The van der Waals surface area contributed by atoms with Crippen LogP contribution in [-0.4, -0.2) is 24.6 Å². The molecule has 0 rings (SSSR count). The number of hydrogen-bond acceptors (Lipinski definition) is 4. The van der Waals surface area contributed by atoms with E-state index in [1.165, 1.54) is 0 Å². The van der Waals surface area contributed by atoms with E-state index in [9.17, 15) is 9.59 Å². The van der Waals surface area contributed by atoms with Crippen LogP contribution in [0.1, 0.15) is 59.8 Å². The molecule has 0 saturated carbocycles. The number of hydrogen-bond donors (Lipinski definition) is 0. The van der Waals surface area contributed by atoms with Gasteiger partial charge in [0.2, 0.25) is 0 Å². The molecule has 1 unspecified atom stereocenters. The van der Waals surface area contributed by atoms with Gasteiger partial charge in [0.1, 0.15) is 6.10 Å². The second-order valence-corrected chi connectivity index (χ2v) is 4.69. The molecule has 0 aliphatic rings. The van der Waals surface area contributed by atoms with E-state index in [-0.39, 0.29) is 18.0 Å². The van der Waals surface area contributed by atoms with E-state index in [4.69, 9.17) is 9.47 Å². The van der Waals surface area contributed by atoms with Gasteiger partial charge in [0.25, 0.3) is 0 Å². The van der Waals surface area contributed by atoms with Gasteiger partial charge in [0, 0.05) is 12.8 Å². The summed E-state index contributed by atoms with van der Waals surface area (Å²) >= 11 is 0. The fourth-order valence-corrected chi connectivity index (χ4v) is 1.69. The smallest absolute Gasteiger partial charge is 0.306 e. The molecule has 0 saturated heterocycles. The Morgan fingerprint density at radius 1 is 1.00 bits per heavy atom. The van der Waals surface area contributed by atoms with Gasteiger partial charge in [-0.1, -0.05) is 20.8 Å². The molecule has 0 radical (unpaired) electrons. The summed E-state index contributed by atoms with van der Waals surface area (Å²) in [4.78, 5) is 22.6. The number of rotatable bonds is 9. The third-order valence-electron chi connectivity index (χ3n) is 2.75. The minimum atomic E-state index is -0.195. The van der Waals surface area contributed by atoms with Crippen molar-refractivity contribution in [1.29, 1.82) is 0 Å². The molecule has 4 nitrogen and oxygen atoms in total. The van der Waals surface area contributed by atoms with E-state index in [1.54, 1.807) is 6.92 Å². The van der Waals surface area contributed by atoms with Crippen molar-refractivity contribution in [3.8, 4) is 0 Å². The summed E-state index contributed by atoms with van der Waals surface area (Å²) in [5, 5.41) is 0. The van der Waals surface area contributed by atoms with Crippen molar-refractivity contribution in [2.75, 3.05) is 6.61 Å². The van der Waals surface area contributed by atoms with Crippen molar-refractivity contribution in [3.05, 3.63) is 0 Å². The lowest BCUT2D eigenvalue weighted by atomic mass is 10.1. The molecule has 0 aromatic rings. The summed E-state index contributed by atoms with van der Waals surface area (Å²) in [5.41, 5.74) is 0. The maximum Gasteiger partial charge on any atom is 0.306 e. The van der Waals surface area contributed by atoms with Crippen LogP contribution >= 0.6 is 0 Å². The van der Waals surface area contributed by atoms with Crippen molar-refractivity contribution in [1.82, 2.24) is 0 Å². The molecule has 0 heterocycles. The summed E-state index contributed by atoms with van der Waals surface area (Å²) in [6.07, 6.45) is 2.94. The van der Waals surface area contributed by atoms with Gasteiger partial charge in [0.15, 0.2) is 0 Å². The van der Waals surface area contributed by atoms with Crippen molar-refractivity contribution >= 4 is 11.9 Å². The first kappa shape index (κ1) is 16.9. The van der Waals surface area contributed by atoms with Crippen LogP contribution in [0.4, 0.5) is 0 Å². The van der Waals surface area contributed by atoms with E-state index in [1.807, 2.05) is 20.8 Å². The fourth-order valence-electron chi connectivity index (χ4n) is 1.69. The number of carbonyl (C=O) groups is 2. The molecular weight excluding hydrogens is 232 g/mol. The number of ether oxygens (including phenoxy) is 2. The summed E-state index contributed by atoms with van der Waals surface area (Å²) in [6, 6.07) is 0. The third kappa shape index (κ3) is 8.09. The van der Waals surface area contributed by atoms with Crippen LogP contribution < -0.4 is 0 Å². The first-order valence-electron chi connectivity index (χ1n) is 6.86. The Balaban J connectivity index is 3.68. The van der Waals surface area contributed by atoms with E-state index >= 15 is 0 Å². The Labute approximate surface area is 110 Å². The molecule has 0 bridgehead atoms. The van der Waals surface area contributed by atoms with Gasteiger partial charge < -0.3 is 9.47 Å². The van der Waals surface area contributed by atoms with Crippen LogP contribution in [-0.2, 0) is 19.1 Å². The van der Waals surface area contributed by atoms with Crippen LogP contribution in [0.3, 0.4) is 0 Å². The zero-order valence-corrected chi connectivity index (χ0v) is 12.0. The molecule has 0 aromatic carbocycles. The zero-order chi connectivity index (χ0) is 14.0. The average Bonchev–Trinajstić information content (AvgIpc) is 2.31. The first-order valence-corrected chi connectivity index (χ1v) is 6.86. The molecule has 0 aliphatic carbocycles. The molecule has 0 N–H and O–H groups in total. The van der Waals surface area contributed by atoms with Crippen LogP contribution in [0.25, 0.3) is 0 Å². The number of esters is 2. The Kier molecular flexibility index (Phi) is 9.33. The lowest BCUT2D eigenvalue weighted by Gasteiger charge is -2.19. The molecule has 0 aromatic heterocycles. The highest BCUT2D eigenvalue weighted by molar-refractivity contribution is 5.70. The molecule has 0 fully saturated rings. The van der Waals surface area contributed by atoms with Crippen LogP contribution in [0.2, 0.25) is 0 Å². The summed E-state index contributed by atoms with van der Waals surface area (Å²) in [6.45, 7) is 8.29. The van der Waals surface area contributed by atoms with Gasteiger partial charge in [-0.3, -0.25) is 9.59 Å². The molecular formula is C14H26O4. The second kappa shape index (κ2) is 9.92. The second-order valence-electron chi connectivity index (χ2n) is 4.69. The predicted octanol–water partition coefficient (Wildman–Crippen LogP) is 3.09. The standard InChI is InChI=1S/C14H26O4/c1-5-12(11(3)4)18-14(16)10-8-7-9-13(15)17-6-2/h11-12H,5-10H2,1-4H3. The average molecular weight is 258 g/mol. The highest BCUT2D eigenvalue weighted by atomic mass is 16.5. The maximum atomic E-state index is 11.5. The Morgan fingerprint density at radius 2 is 1.56 bits per heavy atom. The number of unbranched alkanes of at least 4 members (excludes halogenated alkanes) is 1. The minimum absolute atomic E-state index is 0.00237. The fraction of sp³-hybridized carbons (Fsp3) is 0.857. The van der Waals surface area contributed by atoms with Gasteiger partial charge in [0.05, 0.1) is 6.61 Å². The molecule has 106 valence electrons. The number of carbonyl (C=O) groups excluding carboxylic acids is 2. The third-order valence-corrected chi connectivity index (χ3v) is 2.75. The monoisotopic (exact) mass is 258 g/mol. The van der Waals surface area contributed by atoms with E-state index < -0.39 is 0 Å². The summed E-state index contributed by atoms with van der Waals surface area (Å²) < 4.78 is 10.2. The largest absolute Gasteiger partial charge is 0.466 e. The normalized spacial score (nSPS) is 12.3. The Bertz CT molecular complexity index is 248. The molecule has 1 atom stereocenters. The lowest BCUT2D eigenvalue weighted by molar-refractivity contribution is -0.152. The highest BCUT2D eigenvalue weighted by Gasteiger charge is 2.15. The van der Waals surface area contributed by atoms with Gasteiger partial charge in [-0.25, -0.2) is 0 Å². The van der Waals surface area contributed by atoms with E-state index in [0.717, 1.165) is 6.42 Å². The molecule has 0 amide bonds. The van der Waals surface area contributed by atoms with Crippen molar-refractivity contribution in [3.63, 3.8) is 0 Å². The van der Waals surface area contributed by atoms with E-state index in [2.05, 4.69) is 0 Å². The SMILES string of the molecule is CCOC(=O)CCCCC(=O)OC(CC)C(C)C. The lowest BCUT2D eigenvalue weighted by Crippen LogP contribution is -2.22. The molecule has 0 aliphatic heterocycles. The van der Waals surface area contributed by atoms with Crippen LogP contribution in [0.15, 0.2) is 0 Å². The van der Waals surface area contributed by atoms with Crippen molar-refractivity contribution in [2.24, 2.45) is 5.92 Å². The van der Waals surface area contributed by atoms with Crippen LogP contribution in [0, 0.1) is 5.92 Å². The quantitative estimate of drug-likeness (QED) is 0.471. The zero-order valence-electron chi connectivity index (χ0n) is 12.0. The summed E-state index contributed by atoms with van der Waals surface area (Å²) in [7, 11) is 0.